The van der Waals surface area contributed by atoms with Gasteiger partial charge in [0.15, 0.2) is 0 Å². The molecule has 1 N–H and O–H groups in total. The third kappa shape index (κ3) is 4.64. The Morgan fingerprint density at radius 1 is 1.00 bits per heavy atom. The van der Waals surface area contributed by atoms with Crippen molar-refractivity contribution in [3.8, 4) is 11.3 Å². The van der Waals surface area contributed by atoms with Crippen molar-refractivity contribution in [2.24, 2.45) is 4.99 Å². The summed E-state index contributed by atoms with van der Waals surface area (Å²) in [5.74, 6) is 0. The minimum atomic E-state index is -4.77. The molecule has 0 spiro atoms. The highest BCUT2D eigenvalue weighted by molar-refractivity contribution is 5.86. The van der Waals surface area contributed by atoms with Crippen LogP contribution in [0.25, 0.3) is 11.3 Å². The van der Waals surface area contributed by atoms with E-state index in [1.54, 1.807) is 25.2 Å². The second kappa shape index (κ2) is 7.69. The lowest BCUT2D eigenvalue weighted by molar-refractivity contribution is -0.141. The number of hydrogen-bond donors (Lipinski definition) is 1. The van der Waals surface area contributed by atoms with E-state index >= 15 is 0 Å². The Labute approximate surface area is 161 Å². The fraction of sp³-hybridized carbons (Fsp3) is 0.211. The number of benzene rings is 2. The van der Waals surface area contributed by atoms with Crippen LogP contribution in [0.2, 0.25) is 0 Å². The molecule has 0 fully saturated rings. The zero-order chi connectivity index (χ0) is 21.2. The molecule has 0 saturated heterocycles. The molecule has 0 aliphatic heterocycles. The van der Waals surface area contributed by atoms with Crippen LogP contribution in [0, 0.1) is 0 Å². The number of aromatic amines is 1. The summed E-state index contributed by atoms with van der Waals surface area (Å²) >= 11 is 0. The third-order valence-electron chi connectivity index (χ3n) is 4.17. The van der Waals surface area contributed by atoms with E-state index in [0.29, 0.717) is 40.7 Å². The number of rotatable bonds is 4. The van der Waals surface area contributed by atoms with Gasteiger partial charge in [0.1, 0.15) is 11.4 Å². The lowest BCUT2D eigenvalue weighted by Gasteiger charge is -2.16. The summed E-state index contributed by atoms with van der Waals surface area (Å²) in [5, 5.41) is 10.2. The second-order valence-corrected chi connectivity index (χ2v) is 6.21. The Morgan fingerprint density at radius 2 is 1.76 bits per heavy atom. The second-order valence-electron chi connectivity index (χ2n) is 6.21. The van der Waals surface area contributed by atoms with Gasteiger partial charge in [0.25, 0.3) is 0 Å². The van der Waals surface area contributed by atoms with Crippen LogP contribution in [-0.4, -0.2) is 28.7 Å². The topological polar surface area (TPSA) is 53.9 Å². The highest BCUT2D eigenvalue weighted by atomic mass is 19.4. The SMILES string of the molecule is C/N=C/c1[nH]nnc1-c1cccc(Cc2cc(C(F)(F)F)ccc2C(F)(F)F)c1. The maximum atomic E-state index is 13.3. The van der Waals surface area contributed by atoms with Crippen LogP contribution < -0.4 is 0 Å². The molecule has 3 aromatic rings. The summed E-state index contributed by atoms with van der Waals surface area (Å²) in [5.41, 5.74) is -0.815. The normalized spacial score (nSPS) is 12.7. The van der Waals surface area contributed by atoms with Crippen LogP contribution in [0.5, 0.6) is 0 Å². The third-order valence-corrected chi connectivity index (χ3v) is 4.17. The number of alkyl halides is 6. The van der Waals surface area contributed by atoms with E-state index in [0.717, 1.165) is 0 Å². The van der Waals surface area contributed by atoms with Gasteiger partial charge >= 0.3 is 12.4 Å². The van der Waals surface area contributed by atoms with E-state index < -0.39 is 29.0 Å². The molecule has 1 heterocycles. The lowest BCUT2D eigenvalue weighted by atomic mass is 9.95. The Hall–Kier alpha value is -3.17. The fourth-order valence-corrected chi connectivity index (χ4v) is 2.91. The highest BCUT2D eigenvalue weighted by Crippen LogP contribution is 2.37. The predicted molar refractivity (Wildman–Crippen MR) is 94.6 cm³/mol. The molecule has 0 unspecified atom stereocenters. The minimum absolute atomic E-state index is 0.332. The summed E-state index contributed by atoms with van der Waals surface area (Å²) in [4.78, 5) is 3.86. The Kier molecular flexibility index (Phi) is 5.45. The number of aliphatic imine (C=N–C) groups is 1. The van der Waals surface area contributed by atoms with Gasteiger partial charge in [-0.15, -0.1) is 5.10 Å². The molecule has 0 bridgehead atoms. The molecule has 10 heteroatoms. The summed E-state index contributed by atoms with van der Waals surface area (Å²) in [6, 6.07) is 7.81. The largest absolute Gasteiger partial charge is 0.416 e. The first-order chi connectivity index (χ1) is 13.6. The van der Waals surface area contributed by atoms with E-state index in [4.69, 9.17) is 0 Å². The zero-order valence-corrected chi connectivity index (χ0v) is 14.9. The summed E-state index contributed by atoms with van der Waals surface area (Å²) in [6.45, 7) is 0. The van der Waals surface area contributed by atoms with Crippen molar-refractivity contribution in [2.45, 2.75) is 18.8 Å². The van der Waals surface area contributed by atoms with E-state index in [-0.39, 0.29) is 6.42 Å². The number of nitrogens with zero attached hydrogens (tertiary/aromatic N) is 3. The van der Waals surface area contributed by atoms with Gasteiger partial charge in [-0.25, -0.2) is 0 Å². The lowest BCUT2D eigenvalue weighted by Crippen LogP contribution is -2.13. The first-order valence-electron chi connectivity index (χ1n) is 8.29. The van der Waals surface area contributed by atoms with Gasteiger partial charge in [0, 0.05) is 18.8 Å². The maximum absolute atomic E-state index is 13.3. The van der Waals surface area contributed by atoms with E-state index in [9.17, 15) is 26.3 Å². The van der Waals surface area contributed by atoms with Crippen molar-refractivity contribution in [3.05, 3.63) is 70.4 Å². The molecule has 4 nitrogen and oxygen atoms in total. The number of halogens is 6. The average Bonchev–Trinajstić information content (AvgIpc) is 3.09. The van der Waals surface area contributed by atoms with Crippen LogP contribution in [0.4, 0.5) is 26.3 Å². The first-order valence-corrected chi connectivity index (χ1v) is 8.29. The molecule has 0 amide bonds. The summed E-state index contributed by atoms with van der Waals surface area (Å²) < 4.78 is 78.9. The molecular formula is C19H14F6N4. The molecule has 0 atom stereocenters. The molecule has 3 rings (SSSR count). The van der Waals surface area contributed by atoms with Crippen molar-refractivity contribution in [2.75, 3.05) is 7.05 Å². The van der Waals surface area contributed by atoms with E-state index in [1.807, 2.05) is 0 Å². The monoisotopic (exact) mass is 412 g/mol. The number of hydrogen-bond acceptors (Lipinski definition) is 3. The van der Waals surface area contributed by atoms with Crippen molar-refractivity contribution in [1.29, 1.82) is 0 Å². The Bertz CT molecular complexity index is 1030. The molecular weight excluding hydrogens is 398 g/mol. The Balaban J connectivity index is 2.03. The Morgan fingerprint density at radius 3 is 2.41 bits per heavy atom. The molecule has 0 aliphatic rings. The highest BCUT2D eigenvalue weighted by Gasteiger charge is 2.36. The van der Waals surface area contributed by atoms with E-state index in [2.05, 4.69) is 20.4 Å². The molecule has 0 radical (unpaired) electrons. The number of nitrogens with one attached hydrogen (secondary N) is 1. The molecule has 0 saturated carbocycles. The van der Waals surface area contributed by atoms with Crippen LogP contribution in [0.3, 0.4) is 0 Å². The van der Waals surface area contributed by atoms with Gasteiger partial charge in [0.2, 0.25) is 0 Å². The average molecular weight is 412 g/mol. The van der Waals surface area contributed by atoms with Crippen molar-refractivity contribution >= 4 is 6.21 Å². The number of H-pyrrole nitrogens is 1. The van der Waals surface area contributed by atoms with Gasteiger partial charge in [0.05, 0.1) is 11.1 Å². The van der Waals surface area contributed by atoms with Crippen molar-refractivity contribution < 1.29 is 26.3 Å². The van der Waals surface area contributed by atoms with E-state index in [1.165, 1.54) is 12.3 Å². The fourth-order valence-electron chi connectivity index (χ4n) is 2.91. The van der Waals surface area contributed by atoms with Gasteiger partial charge in [-0.05, 0) is 41.8 Å². The first kappa shape index (κ1) is 20.6. The van der Waals surface area contributed by atoms with Crippen molar-refractivity contribution in [1.82, 2.24) is 15.4 Å². The van der Waals surface area contributed by atoms with Crippen molar-refractivity contribution in [3.63, 3.8) is 0 Å². The van der Waals surface area contributed by atoms with Crippen LogP contribution in [0.1, 0.15) is 27.9 Å². The summed E-state index contributed by atoms with van der Waals surface area (Å²) in [7, 11) is 1.55. The van der Waals surface area contributed by atoms with Gasteiger partial charge < -0.3 is 0 Å². The minimum Gasteiger partial charge on any atom is -0.294 e. The molecule has 152 valence electrons. The molecule has 0 aliphatic carbocycles. The van der Waals surface area contributed by atoms with Crippen LogP contribution >= 0.6 is 0 Å². The van der Waals surface area contributed by atoms with Gasteiger partial charge in [-0.2, -0.15) is 26.3 Å². The van der Waals surface area contributed by atoms with Crippen LogP contribution in [-0.2, 0) is 18.8 Å². The molecule has 1 aromatic heterocycles. The standard InChI is InChI=1S/C19H14F6N4/c1-26-10-16-17(28-29-27-16)12-4-2-3-11(7-12)8-13-9-14(18(20,21)22)5-6-15(13)19(23,24)25/h2-7,9-10H,8H2,1H3,(H,27,28,29)/b26-10+. The predicted octanol–water partition coefficient (Wildman–Crippen LogP) is 5.15. The summed E-state index contributed by atoms with van der Waals surface area (Å²) in [6.07, 6.45) is -8.36. The quantitative estimate of drug-likeness (QED) is 0.476. The number of aromatic nitrogens is 3. The van der Waals surface area contributed by atoms with Crippen LogP contribution in [0.15, 0.2) is 47.5 Å². The van der Waals surface area contributed by atoms with Gasteiger partial charge in [-0.3, -0.25) is 10.1 Å². The van der Waals surface area contributed by atoms with Gasteiger partial charge in [-0.1, -0.05) is 23.4 Å². The maximum Gasteiger partial charge on any atom is 0.416 e. The smallest absolute Gasteiger partial charge is 0.294 e. The molecule has 2 aromatic carbocycles. The molecule has 29 heavy (non-hydrogen) atoms. The zero-order valence-electron chi connectivity index (χ0n) is 14.9.